The highest BCUT2D eigenvalue weighted by atomic mass is 32.1. The van der Waals surface area contributed by atoms with Crippen LogP contribution in [0.3, 0.4) is 0 Å². The number of fused-ring (bicyclic) bond motifs is 3. The van der Waals surface area contributed by atoms with Gasteiger partial charge in [0.05, 0.1) is 5.39 Å². The molecule has 2 aromatic heterocycles. The number of likely N-dealkylation sites (N-methyl/N-ethyl adjacent to an activating group) is 1. The Bertz CT molecular complexity index is 1190. The Balaban J connectivity index is 1.22. The van der Waals surface area contributed by atoms with E-state index in [2.05, 4.69) is 70.7 Å². The first kappa shape index (κ1) is 23.9. The van der Waals surface area contributed by atoms with Gasteiger partial charge in [-0.3, -0.25) is 0 Å². The highest BCUT2D eigenvalue weighted by molar-refractivity contribution is 7.19. The third-order valence-electron chi connectivity index (χ3n) is 8.32. The largest absolute Gasteiger partial charge is 0.369 e. The van der Waals surface area contributed by atoms with E-state index < -0.39 is 0 Å². The van der Waals surface area contributed by atoms with Crippen molar-refractivity contribution in [1.82, 2.24) is 19.8 Å². The van der Waals surface area contributed by atoms with Crippen molar-refractivity contribution < 1.29 is 0 Å². The standard InChI is InChI=1S/C28H39N7S/c1-33(2)21-11-7-19(8-12-21)29-26-25-23-5-4-6-24(23)36-27(25)32-28(31-26)30-20-9-13-22(14-10-20)35-17-15-34(3)16-18-35/h9-10,13-14,19,21H,4-8,11-12,15-18H2,1-3H3,(H2,29,30,31,32)/t19-,21-. The maximum Gasteiger partial charge on any atom is 0.230 e. The summed E-state index contributed by atoms with van der Waals surface area (Å²) in [7, 11) is 6.61. The molecule has 8 heteroatoms. The summed E-state index contributed by atoms with van der Waals surface area (Å²) in [6.07, 6.45) is 8.46. The van der Waals surface area contributed by atoms with Gasteiger partial charge in [-0.15, -0.1) is 11.3 Å². The van der Waals surface area contributed by atoms with E-state index in [1.165, 1.54) is 60.0 Å². The van der Waals surface area contributed by atoms with Gasteiger partial charge in [0.2, 0.25) is 5.95 Å². The van der Waals surface area contributed by atoms with Gasteiger partial charge in [-0.05, 0) is 95.9 Å². The van der Waals surface area contributed by atoms with Crippen molar-refractivity contribution in [2.75, 3.05) is 62.9 Å². The molecule has 0 amide bonds. The number of thiophene rings is 1. The maximum atomic E-state index is 5.06. The van der Waals surface area contributed by atoms with E-state index in [-0.39, 0.29) is 0 Å². The van der Waals surface area contributed by atoms with Crippen LogP contribution in [-0.4, -0.2) is 79.2 Å². The fourth-order valence-corrected chi connectivity index (χ4v) is 7.30. The van der Waals surface area contributed by atoms with Gasteiger partial charge >= 0.3 is 0 Å². The number of nitrogens with zero attached hydrogens (tertiary/aromatic N) is 5. The molecule has 2 N–H and O–H groups in total. The zero-order valence-electron chi connectivity index (χ0n) is 21.9. The Kier molecular flexibility index (Phi) is 6.75. The van der Waals surface area contributed by atoms with Crippen molar-refractivity contribution in [2.24, 2.45) is 0 Å². The first-order valence-corrected chi connectivity index (χ1v) is 14.4. The molecule has 0 atom stereocenters. The fourth-order valence-electron chi connectivity index (χ4n) is 6.04. The summed E-state index contributed by atoms with van der Waals surface area (Å²) in [5, 5.41) is 8.65. The van der Waals surface area contributed by atoms with Crippen LogP contribution in [0, 0.1) is 0 Å². The Morgan fingerprint density at radius 2 is 1.69 bits per heavy atom. The maximum absolute atomic E-state index is 5.06. The number of aromatic nitrogens is 2. The topological polar surface area (TPSA) is 59.6 Å². The number of piperazine rings is 1. The van der Waals surface area contributed by atoms with Gasteiger partial charge in [0.25, 0.3) is 0 Å². The van der Waals surface area contributed by atoms with Crippen LogP contribution in [0.1, 0.15) is 42.5 Å². The summed E-state index contributed by atoms with van der Waals surface area (Å²) in [6.45, 7) is 4.39. The predicted molar refractivity (Wildman–Crippen MR) is 152 cm³/mol. The van der Waals surface area contributed by atoms with Crippen LogP contribution in [0.25, 0.3) is 10.2 Å². The Morgan fingerprint density at radius 3 is 2.42 bits per heavy atom. The summed E-state index contributed by atoms with van der Waals surface area (Å²) in [5.41, 5.74) is 3.81. The minimum absolute atomic E-state index is 0.479. The average Bonchev–Trinajstić information content (AvgIpc) is 3.47. The normalized spacial score (nSPS) is 22.8. The molecule has 0 unspecified atom stereocenters. The summed E-state index contributed by atoms with van der Waals surface area (Å²) >= 11 is 1.86. The van der Waals surface area contributed by atoms with Gasteiger partial charge in [0.1, 0.15) is 10.6 Å². The first-order valence-electron chi connectivity index (χ1n) is 13.6. The second kappa shape index (κ2) is 10.1. The van der Waals surface area contributed by atoms with Crippen molar-refractivity contribution in [2.45, 2.75) is 57.0 Å². The van der Waals surface area contributed by atoms with E-state index in [1.807, 2.05) is 11.3 Å². The van der Waals surface area contributed by atoms with Crippen LogP contribution in [0.15, 0.2) is 24.3 Å². The van der Waals surface area contributed by atoms with Gasteiger partial charge in [-0.25, -0.2) is 4.98 Å². The summed E-state index contributed by atoms with van der Waals surface area (Å²) < 4.78 is 0. The van der Waals surface area contributed by atoms with Gasteiger partial charge in [-0.1, -0.05) is 0 Å². The molecule has 6 rings (SSSR count). The molecule has 0 bridgehead atoms. The van der Waals surface area contributed by atoms with Crippen molar-refractivity contribution in [1.29, 1.82) is 0 Å². The molecule has 3 heterocycles. The van der Waals surface area contributed by atoms with Crippen molar-refractivity contribution >= 4 is 44.7 Å². The molecule has 2 aliphatic carbocycles. The zero-order valence-corrected chi connectivity index (χ0v) is 22.7. The molecule has 36 heavy (non-hydrogen) atoms. The monoisotopic (exact) mass is 505 g/mol. The lowest BCUT2D eigenvalue weighted by Gasteiger charge is -2.34. The van der Waals surface area contributed by atoms with Crippen LogP contribution in [0.4, 0.5) is 23.1 Å². The average molecular weight is 506 g/mol. The third kappa shape index (κ3) is 4.91. The Labute approximate surface area is 218 Å². The van der Waals surface area contributed by atoms with Gasteiger partial charge in [0, 0.05) is 54.5 Å². The smallest absolute Gasteiger partial charge is 0.230 e. The molecule has 3 aliphatic rings. The second-order valence-electron chi connectivity index (χ2n) is 11.0. The van der Waals surface area contributed by atoms with Crippen molar-refractivity contribution in [3.8, 4) is 0 Å². The van der Waals surface area contributed by atoms with Crippen LogP contribution < -0.4 is 15.5 Å². The first-order chi connectivity index (χ1) is 17.5. The van der Waals surface area contributed by atoms with E-state index in [9.17, 15) is 0 Å². The minimum atomic E-state index is 0.479. The van der Waals surface area contributed by atoms with Crippen molar-refractivity contribution in [3.63, 3.8) is 0 Å². The number of aryl methyl sites for hydroxylation is 2. The molecule has 1 aliphatic heterocycles. The van der Waals surface area contributed by atoms with E-state index in [0.29, 0.717) is 18.0 Å². The Morgan fingerprint density at radius 1 is 0.944 bits per heavy atom. The van der Waals surface area contributed by atoms with Crippen LogP contribution in [0.5, 0.6) is 0 Å². The Hall–Kier alpha value is -2.42. The van der Waals surface area contributed by atoms with Crippen LogP contribution in [-0.2, 0) is 12.8 Å². The molecule has 7 nitrogen and oxygen atoms in total. The molecule has 1 saturated carbocycles. The molecule has 192 valence electrons. The summed E-state index contributed by atoms with van der Waals surface area (Å²) in [6, 6.07) is 9.93. The van der Waals surface area contributed by atoms with Gasteiger partial charge < -0.3 is 25.3 Å². The highest BCUT2D eigenvalue weighted by Crippen LogP contribution is 2.41. The van der Waals surface area contributed by atoms with Gasteiger partial charge in [0.15, 0.2) is 0 Å². The van der Waals surface area contributed by atoms with E-state index in [0.717, 1.165) is 48.9 Å². The molecule has 0 spiro atoms. The quantitative estimate of drug-likeness (QED) is 0.491. The number of rotatable bonds is 6. The SMILES string of the molecule is CN1CCN(c2ccc(Nc3nc(N[C@H]4CC[C@H](N(C)C)CC4)c4c5c(sc4n3)CCC5)cc2)CC1. The number of nitrogens with one attached hydrogen (secondary N) is 2. The van der Waals surface area contributed by atoms with E-state index in [4.69, 9.17) is 9.97 Å². The molecule has 2 fully saturated rings. The van der Waals surface area contributed by atoms with Crippen molar-refractivity contribution in [3.05, 3.63) is 34.7 Å². The number of anilines is 4. The summed E-state index contributed by atoms with van der Waals surface area (Å²) in [5.74, 6) is 1.73. The molecule has 1 saturated heterocycles. The molecule has 0 radical (unpaired) electrons. The number of hydrogen-bond acceptors (Lipinski definition) is 8. The van der Waals surface area contributed by atoms with E-state index >= 15 is 0 Å². The lowest BCUT2D eigenvalue weighted by atomic mass is 9.90. The van der Waals surface area contributed by atoms with E-state index in [1.54, 1.807) is 0 Å². The van der Waals surface area contributed by atoms with Crippen LogP contribution in [0.2, 0.25) is 0 Å². The lowest BCUT2D eigenvalue weighted by molar-refractivity contribution is 0.221. The highest BCUT2D eigenvalue weighted by Gasteiger charge is 2.26. The third-order valence-corrected chi connectivity index (χ3v) is 9.51. The lowest BCUT2D eigenvalue weighted by Crippen LogP contribution is -2.44. The second-order valence-corrected chi connectivity index (χ2v) is 12.1. The molecule has 1 aromatic carbocycles. The molecular formula is C28H39N7S. The predicted octanol–water partition coefficient (Wildman–Crippen LogP) is 4.96. The minimum Gasteiger partial charge on any atom is -0.369 e. The fraction of sp³-hybridized carbons (Fsp3) is 0.571. The van der Waals surface area contributed by atoms with Crippen LogP contribution >= 0.6 is 11.3 Å². The molecule has 3 aromatic rings. The zero-order chi connectivity index (χ0) is 24.6. The number of benzene rings is 1. The number of hydrogen-bond donors (Lipinski definition) is 2. The van der Waals surface area contributed by atoms with Gasteiger partial charge in [-0.2, -0.15) is 4.98 Å². The molecular weight excluding hydrogens is 466 g/mol. The summed E-state index contributed by atoms with van der Waals surface area (Å²) in [4.78, 5) is 19.9.